The van der Waals surface area contributed by atoms with E-state index in [-0.39, 0.29) is 17.9 Å². The van der Waals surface area contributed by atoms with E-state index in [4.69, 9.17) is 4.99 Å². The van der Waals surface area contributed by atoms with Crippen molar-refractivity contribution in [3.05, 3.63) is 59.7 Å². The molecule has 0 bridgehead atoms. The summed E-state index contributed by atoms with van der Waals surface area (Å²) in [5.74, 6) is 0.899. The Bertz CT molecular complexity index is 897. The number of halogens is 1. The molecule has 0 aliphatic carbocycles. The van der Waals surface area contributed by atoms with E-state index in [0.717, 1.165) is 47.4 Å². The normalized spacial score (nSPS) is 26.6. The molecule has 1 aromatic carbocycles. The Morgan fingerprint density at radius 1 is 1.14 bits per heavy atom. The summed E-state index contributed by atoms with van der Waals surface area (Å²) >= 11 is 1.79. The van der Waals surface area contributed by atoms with Gasteiger partial charge in [-0.15, -0.1) is 0 Å². The van der Waals surface area contributed by atoms with E-state index in [9.17, 15) is 0 Å². The van der Waals surface area contributed by atoms with Gasteiger partial charge in [-0.2, -0.15) is 0 Å². The molecule has 0 amide bonds. The predicted molar refractivity (Wildman–Crippen MR) is 118 cm³/mol. The molecule has 6 heteroatoms. The number of aromatic nitrogens is 1. The highest BCUT2D eigenvalue weighted by Gasteiger charge is 2.46. The Morgan fingerprint density at radius 3 is 2.72 bits per heavy atom. The largest absolute Gasteiger partial charge is 0.371 e. The number of benzene rings is 1. The summed E-state index contributed by atoms with van der Waals surface area (Å²) in [5.41, 5.74) is 2.65. The van der Waals surface area contributed by atoms with Crippen molar-refractivity contribution in [2.75, 3.05) is 23.7 Å². The molecular formula is C23H27FN4S. The maximum Gasteiger partial charge on any atom is 0.160 e. The monoisotopic (exact) mass is 410 g/mol. The summed E-state index contributed by atoms with van der Waals surface area (Å²) in [6.07, 6.45) is 6.49. The molecule has 2 saturated heterocycles. The molecule has 4 heterocycles. The predicted octanol–water partition coefficient (Wildman–Crippen LogP) is 5.19. The van der Waals surface area contributed by atoms with E-state index in [1.54, 1.807) is 24.0 Å². The van der Waals surface area contributed by atoms with Gasteiger partial charge in [0.1, 0.15) is 11.9 Å². The van der Waals surface area contributed by atoms with E-state index < -0.39 is 0 Å². The molecule has 0 saturated carbocycles. The number of amidine groups is 1. The van der Waals surface area contributed by atoms with Gasteiger partial charge in [-0.1, -0.05) is 30.8 Å². The molecule has 1 aromatic heterocycles. The number of rotatable bonds is 4. The maximum atomic E-state index is 15.5. The third-order valence-electron chi connectivity index (χ3n) is 6.35. The number of anilines is 1. The Hall–Kier alpha value is -2.08. The van der Waals surface area contributed by atoms with E-state index in [0.29, 0.717) is 6.04 Å². The van der Waals surface area contributed by atoms with Crippen LogP contribution in [0.1, 0.15) is 55.9 Å². The van der Waals surface area contributed by atoms with Crippen molar-refractivity contribution in [3.63, 3.8) is 0 Å². The molecule has 0 N–H and O–H groups in total. The van der Waals surface area contributed by atoms with Gasteiger partial charge in [0.15, 0.2) is 5.17 Å². The second-order valence-electron chi connectivity index (χ2n) is 8.09. The van der Waals surface area contributed by atoms with Crippen LogP contribution < -0.4 is 4.90 Å². The molecule has 3 aliphatic rings. The van der Waals surface area contributed by atoms with Crippen LogP contribution >= 0.6 is 11.8 Å². The average molecular weight is 411 g/mol. The van der Waals surface area contributed by atoms with Crippen LogP contribution in [0.25, 0.3) is 0 Å². The highest BCUT2D eigenvalue weighted by atomic mass is 32.2. The van der Waals surface area contributed by atoms with Gasteiger partial charge in [0, 0.05) is 42.3 Å². The van der Waals surface area contributed by atoms with Gasteiger partial charge in [-0.25, -0.2) is 4.39 Å². The van der Waals surface area contributed by atoms with Crippen molar-refractivity contribution in [1.29, 1.82) is 0 Å². The fourth-order valence-electron chi connectivity index (χ4n) is 4.79. The van der Waals surface area contributed by atoms with Crippen LogP contribution in [0.3, 0.4) is 0 Å². The molecule has 0 spiro atoms. The fourth-order valence-corrected chi connectivity index (χ4v) is 6.13. The number of nitrogens with zero attached hydrogens (tertiary/aromatic N) is 4. The Labute approximate surface area is 176 Å². The first-order chi connectivity index (χ1) is 14.3. The van der Waals surface area contributed by atoms with E-state index in [1.165, 1.54) is 19.3 Å². The Morgan fingerprint density at radius 2 is 2.00 bits per heavy atom. The average Bonchev–Trinajstić information content (AvgIpc) is 3.34. The van der Waals surface area contributed by atoms with Crippen LogP contribution in [-0.4, -0.2) is 39.9 Å². The van der Waals surface area contributed by atoms with Gasteiger partial charge in [-0.3, -0.25) is 9.98 Å². The van der Waals surface area contributed by atoms with Crippen molar-refractivity contribution in [3.8, 4) is 0 Å². The molecule has 5 rings (SSSR count). The molecular weight excluding hydrogens is 383 g/mol. The minimum Gasteiger partial charge on any atom is -0.371 e. The van der Waals surface area contributed by atoms with Crippen LogP contribution in [0.2, 0.25) is 0 Å². The third kappa shape index (κ3) is 3.41. The lowest BCUT2D eigenvalue weighted by Crippen LogP contribution is -2.36. The molecule has 4 nitrogen and oxygen atoms in total. The SMILES string of the molecule is CC[C@H]1CSC2=N[C@@H](c3ccccn3)[C@@H](c3ccc(N4CCCCC4)cc3F)N21. The van der Waals surface area contributed by atoms with Crippen molar-refractivity contribution >= 4 is 22.6 Å². The molecule has 0 radical (unpaired) electrons. The van der Waals surface area contributed by atoms with Crippen LogP contribution in [0.4, 0.5) is 10.1 Å². The van der Waals surface area contributed by atoms with Gasteiger partial charge in [0.05, 0.1) is 11.7 Å². The molecule has 3 aliphatic heterocycles. The second-order valence-corrected chi connectivity index (χ2v) is 9.08. The third-order valence-corrected chi connectivity index (χ3v) is 7.48. The zero-order valence-electron chi connectivity index (χ0n) is 16.8. The van der Waals surface area contributed by atoms with Crippen LogP contribution in [0.15, 0.2) is 47.6 Å². The molecule has 3 atom stereocenters. The molecule has 29 heavy (non-hydrogen) atoms. The lowest BCUT2D eigenvalue weighted by atomic mass is 9.94. The number of pyridine rings is 1. The summed E-state index contributed by atoms with van der Waals surface area (Å²) in [6, 6.07) is 11.8. The topological polar surface area (TPSA) is 31.7 Å². The maximum absolute atomic E-state index is 15.5. The number of hydrogen-bond donors (Lipinski definition) is 0. The first kappa shape index (κ1) is 18.9. The summed E-state index contributed by atoms with van der Waals surface area (Å²) in [6.45, 7) is 4.24. The number of aliphatic imine (C=N–C) groups is 1. The molecule has 152 valence electrons. The minimum atomic E-state index is -0.164. The van der Waals surface area contributed by atoms with Crippen molar-refractivity contribution in [2.45, 2.75) is 50.7 Å². The number of piperidine rings is 1. The molecule has 0 unspecified atom stereocenters. The Kier molecular flexibility index (Phi) is 5.20. The molecule has 2 aromatic rings. The zero-order chi connectivity index (χ0) is 19.8. The number of fused-ring (bicyclic) bond motifs is 1. The van der Waals surface area contributed by atoms with Gasteiger partial charge in [-0.05, 0) is 49.9 Å². The lowest BCUT2D eigenvalue weighted by Gasteiger charge is -2.33. The quantitative estimate of drug-likeness (QED) is 0.694. The second kappa shape index (κ2) is 7.98. The highest BCUT2D eigenvalue weighted by molar-refractivity contribution is 8.14. The first-order valence-corrected chi connectivity index (χ1v) is 11.7. The first-order valence-electron chi connectivity index (χ1n) is 10.7. The van der Waals surface area contributed by atoms with Crippen LogP contribution in [0, 0.1) is 5.82 Å². The zero-order valence-corrected chi connectivity index (χ0v) is 17.6. The van der Waals surface area contributed by atoms with Crippen molar-refractivity contribution < 1.29 is 4.39 Å². The summed E-state index contributed by atoms with van der Waals surface area (Å²) < 4.78 is 15.5. The van der Waals surface area contributed by atoms with Crippen LogP contribution in [-0.2, 0) is 0 Å². The van der Waals surface area contributed by atoms with Gasteiger partial charge >= 0.3 is 0 Å². The summed E-state index contributed by atoms with van der Waals surface area (Å²) in [7, 11) is 0. The van der Waals surface area contributed by atoms with Gasteiger partial charge < -0.3 is 9.80 Å². The lowest BCUT2D eigenvalue weighted by molar-refractivity contribution is 0.250. The van der Waals surface area contributed by atoms with E-state index in [1.807, 2.05) is 24.3 Å². The van der Waals surface area contributed by atoms with E-state index in [2.05, 4.69) is 27.8 Å². The summed E-state index contributed by atoms with van der Waals surface area (Å²) in [4.78, 5) is 14.2. The standard InChI is InChI=1S/C23H27FN4S/c1-2-16-15-29-23-26-21(20-8-4-5-11-25-20)22(28(16)23)18-10-9-17(14-19(18)24)27-12-6-3-7-13-27/h4-5,8-11,14,16,21-22H,2-3,6-7,12-13,15H2,1H3/t16-,21-,22+/m0/s1. The Balaban J connectivity index is 1.52. The highest BCUT2D eigenvalue weighted by Crippen LogP contribution is 2.49. The van der Waals surface area contributed by atoms with Crippen molar-refractivity contribution in [2.24, 2.45) is 4.99 Å². The minimum absolute atomic E-state index is 0.123. The molecule has 2 fully saturated rings. The fraction of sp³-hybridized carbons (Fsp3) is 0.478. The number of thioether (sulfide) groups is 1. The smallest absolute Gasteiger partial charge is 0.160 e. The summed E-state index contributed by atoms with van der Waals surface area (Å²) in [5, 5.41) is 1.04. The van der Waals surface area contributed by atoms with E-state index >= 15 is 4.39 Å². The van der Waals surface area contributed by atoms with Crippen molar-refractivity contribution in [1.82, 2.24) is 9.88 Å². The number of hydrogen-bond acceptors (Lipinski definition) is 5. The van der Waals surface area contributed by atoms with Gasteiger partial charge in [0.2, 0.25) is 0 Å². The van der Waals surface area contributed by atoms with Gasteiger partial charge in [0.25, 0.3) is 0 Å². The van der Waals surface area contributed by atoms with Crippen LogP contribution in [0.5, 0.6) is 0 Å².